The topological polar surface area (TPSA) is 124 Å². The number of nitriles is 1. The van der Waals surface area contributed by atoms with Gasteiger partial charge in [0.15, 0.2) is 0 Å². The van der Waals surface area contributed by atoms with Crippen molar-refractivity contribution in [2.45, 2.75) is 24.7 Å². The van der Waals surface area contributed by atoms with E-state index in [1.165, 1.54) is 4.31 Å². The molecule has 0 spiro atoms. The van der Waals surface area contributed by atoms with Gasteiger partial charge in [-0.15, -0.1) is 0 Å². The number of rotatable bonds is 4. The van der Waals surface area contributed by atoms with Crippen molar-refractivity contribution in [3.8, 4) is 17.2 Å². The number of hydrogen-bond acceptors (Lipinski definition) is 5. The normalized spacial score (nSPS) is 13.6. The summed E-state index contributed by atoms with van der Waals surface area (Å²) in [6, 6.07) is 20.5. The molecule has 0 aromatic heterocycles. The number of nitrogens with zero attached hydrogens (tertiary/aromatic N) is 2. The van der Waals surface area contributed by atoms with Crippen molar-refractivity contribution < 1.29 is 18.3 Å². The van der Waals surface area contributed by atoms with Gasteiger partial charge in [0.25, 0.3) is 0 Å². The van der Waals surface area contributed by atoms with Crippen LogP contribution in [0.1, 0.15) is 34.3 Å². The lowest BCUT2D eigenvalue weighted by atomic mass is 9.97. The molecule has 3 N–H and O–H groups in total. The lowest BCUT2D eigenvalue weighted by Crippen LogP contribution is -2.27. The van der Waals surface area contributed by atoms with E-state index in [1.54, 1.807) is 54.6 Å². The number of hydrogen-bond donors (Lipinski definition) is 2. The SMILES string of the molecule is Cc1ccc(C(=O)O)cc1-c1ccc(C#N)cc1.Nc1ccc(S(=O)(=O)N2CCCC2)cc1. The highest BCUT2D eigenvalue weighted by molar-refractivity contribution is 7.89. The summed E-state index contributed by atoms with van der Waals surface area (Å²) in [6.45, 7) is 3.19. The summed E-state index contributed by atoms with van der Waals surface area (Å²) in [5.74, 6) is -0.940. The molecular formula is C25H25N3O4S. The number of anilines is 1. The molecule has 170 valence electrons. The first kappa shape index (κ1) is 24.0. The number of nitrogen functional groups attached to an aromatic ring is 1. The van der Waals surface area contributed by atoms with Crippen LogP contribution in [-0.4, -0.2) is 36.9 Å². The summed E-state index contributed by atoms with van der Waals surface area (Å²) >= 11 is 0. The maximum atomic E-state index is 12.0. The second-order valence-electron chi connectivity index (χ2n) is 7.70. The third-order valence-corrected chi connectivity index (χ3v) is 7.31. The molecule has 1 aliphatic heterocycles. The number of carbonyl (C=O) groups is 1. The predicted octanol–water partition coefficient (Wildman–Crippen LogP) is 4.29. The van der Waals surface area contributed by atoms with E-state index in [-0.39, 0.29) is 5.56 Å². The number of aromatic carboxylic acids is 1. The first-order chi connectivity index (χ1) is 15.7. The Morgan fingerprint density at radius 2 is 1.61 bits per heavy atom. The van der Waals surface area contributed by atoms with Crippen molar-refractivity contribution >= 4 is 21.7 Å². The van der Waals surface area contributed by atoms with Crippen molar-refractivity contribution in [3.05, 3.63) is 83.4 Å². The molecule has 0 unspecified atom stereocenters. The van der Waals surface area contributed by atoms with Gasteiger partial charge >= 0.3 is 5.97 Å². The number of sulfonamides is 1. The Hall–Kier alpha value is -3.67. The summed E-state index contributed by atoms with van der Waals surface area (Å²) in [6.07, 6.45) is 1.91. The van der Waals surface area contributed by atoms with Gasteiger partial charge in [-0.3, -0.25) is 0 Å². The van der Waals surface area contributed by atoms with E-state index >= 15 is 0 Å². The summed E-state index contributed by atoms with van der Waals surface area (Å²) in [7, 11) is -3.28. The largest absolute Gasteiger partial charge is 0.478 e. The van der Waals surface area contributed by atoms with Crippen LogP contribution in [-0.2, 0) is 10.0 Å². The average molecular weight is 464 g/mol. The standard InChI is InChI=1S/C15H11NO2.C10H14N2O2S/c1-10-2-5-13(15(17)18)8-14(10)12-6-3-11(9-16)4-7-12;11-9-3-5-10(6-4-9)15(13,14)12-7-1-2-8-12/h2-8H,1H3,(H,17,18);3-6H,1-2,7-8,11H2. The van der Waals surface area contributed by atoms with Crippen molar-refractivity contribution in [3.63, 3.8) is 0 Å². The zero-order chi connectivity index (χ0) is 24.0. The van der Waals surface area contributed by atoms with E-state index < -0.39 is 16.0 Å². The fraction of sp³-hybridized carbons (Fsp3) is 0.200. The smallest absolute Gasteiger partial charge is 0.335 e. The summed E-state index contributed by atoms with van der Waals surface area (Å²) in [5, 5.41) is 17.7. The molecule has 3 aromatic rings. The van der Waals surface area contributed by atoms with Crippen molar-refractivity contribution in [1.29, 1.82) is 5.26 Å². The second kappa shape index (κ2) is 10.3. The molecule has 0 saturated carbocycles. The van der Waals surface area contributed by atoms with E-state index in [1.807, 2.05) is 19.1 Å². The molecule has 0 atom stereocenters. The van der Waals surface area contributed by atoms with E-state index in [0.717, 1.165) is 29.5 Å². The molecule has 1 heterocycles. The molecule has 33 heavy (non-hydrogen) atoms. The molecule has 7 nitrogen and oxygen atoms in total. The van der Waals surface area contributed by atoms with Crippen LogP contribution in [0.2, 0.25) is 0 Å². The van der Waals surface area contributed by atoms with E-state index in [4.69, 9.17) is 16.1 Å². The van der Waals surface area contributed by atoms with Gasteiger partial charge in [0.05, 0.1) is 22.1 Å². The van der Waals surface area contributed by atoms with Crippen molar-refractivity contribution in [2.24, 2.45) is 0 Å². The Bertz CT molecular complexity index is 1270. The maximum Gasteiger partial charge on any atom is 0.335 e. The monoisotopic (exact) mass is 463 g/mol. The molecule has 1 saturated heterocycles. The molecule has 1 fully saturated rings. The van der Waals surface area contributed by atoms with Gasteiger partial charge in [-0.1, -0.05) is 18.2 Å². The third-order valence-electron chi connectivity index (χ3n) is 5.39. The average Bonchev–Trinajstić information content (AvgIpc) is 3.36. The zero-order valence-electron chi connectivity index (χ0n) is 18.2. The van der Waals surface area contributed by atoms with Crippen molar-refractivity contribution in [2.75, 3.05) is 18.8 Å². The van der Waals surface area contributed by atoms with Crippen LogP contribution in [0.4, 0.5) is 5.69 Å². The van der Waals surface area contributed by atoms with Gasteiger partial charge in [0.2, 0.25) is 10.0 Å². The zero-order valence-corrected chi connectivity index (χ0v) is 19.0. The number of carboxylic acids is 1. The summed E-state index contributed by atoms with van der Waals surface area (Å²) < 4.78 is 25.6. The minimum Gasteiger partial charge on any atom is -0.478 e. The van der Waals surface area contributed by atoms with Gasteiger partial charge in [0.1, 0.15) is 0 Å². The van der Waals surface area contributed by atoms with Crippen LogP contribution in [0.3, 0.4) is 0 Å². The van der Waals surface area contributed by atoms with Crippen LogP contribution >= 0.6 is 0 Å². The Labute approximate surface area is 193 Å². The highest BCUT2D eigenvalue weighted by atomic mass is 32.2. The molecule has 4 rings (SSSR count). The molecule has 0 aliphatic carbocycles. The molecule has 3 aromatic carbocycles. The molecular weight excluding hydrogens is 438 g/mol. The molecule has 8 heteroatoms. The molecule has 1 aliphatic rings. The van der Waals surface area contributed by atoms with Gasteiger partial charge in [-0.25, -0.2) is 13.2 Å². The molecule has 0 bridgehead atoms. The first-order valence-electron chi connectivity index (χ1n) is 10.4. The van der Waals surface area contributed by atoms with Gasteiger partial charge in [-0.2, -0.15) is 9.57 Å². The Balaban J connectivity index is 0.000000189. The first-order valence-corrected chi connectivity index (χ1v) is 11.9. The van der Waals surface area contributed by atoms with Crippen LogP contribution in [0.5, 0.6) is 0 Å². The maximum absolute atomic E-state index is 12.0. The fourth-order valence-electron chi connectivity index (χ4n) is 3.51. The van der Waals surface area contributed by atoms with Crippen LogP contribution < -0.4 is 5.73 Å². The second-order valence-corrected chi connectivity index (χ2v) is 9.64. The van der Waals surface area contributed by atoms with Crippen LogP contribution in [0.25, 0.3) is 11.1 Å². The van der Waals surface area contributed by atoms with Gasteiger partial charge in [-0.05, 0) is 85.0 Å². The highest BCUT2D eigenvalue weighted by Crippen LogP contribution is 2.25. The van der Waals surface area contributed by atoms with Gasteiger partial charge < -0.3 is 10.8 Å². The van der Waals surface area contributed by atoms with Crippen LogP contribution in [0.15, 0.2) is 71.6 Å². The Kier molecular flexibility index (Phi) is 7.48. The predicted molar refractivity (Wildman–Crippen MR) is 127 cm³/mol. The number of aryl methyl sites for hydroxylation is 1. The lowest BCUT2D eigenvalue weighted by Gasteiger charge is -2.15. The number of benzene rings is 3. The fourth-order valence-corrected chi connectivity index (χ4v) is 5.02. The number of nitrogens with two attached hydrogens (primary N) is 1. The quantitative estimate of drug-likeness (QED) is 0.556. The minimum absolute atomic E-state index is 0.264. The van der Waals surface area contributed by atoms with Crippen LogP contribution in [0, 0.1) is 18.3 Å². The summed E-state index contributed by atoms with van der Waals surface area (Å²) in [4.78, 5) is 11.3. The molecule has 0 amide bonds. The minimum atomic E-state index is -3.28. The highest BCUT2D eigenvalue weighted by Gasteiger charge is 2.26. The van der Waals surface area contributed by atoms with E-state index in [9.17, 15) is 13.2 Å². The molecule has 0 radical (unpaired) electrons. The Morgan fingerprint density at radius 1 is 1.00 bits per heavy atom. The summed E-state index contributed by atoms with van der Waals surface area (Å²) in [5.41, 5.74) is 9.74. The van der Waals surface area contributed by atoms with E-state index in [2.05, 4.69) is 6.07 Å². The third kappa shape index (κ3) is 5.77. The lowest BCUT2D eigenvalue weighted by molar-refractivity contribution is 0.0697. The number of carboxylic acid groups (broad SMARTS) is 1. The Morgan fingerprint density at radius 3 is 2.15 bits per heavy atom. The van der Waals surface area contributed by atoms with Gasteiger partial charge in [0, 0.05) is 18.8 Å². The van der Waals surface area contributed by atoms with E-state index in [0.29, 0.717) is 29.2 Å². The van der Waals surface area contributed by atoms with Crippen molar-refractivity contribution in [1.82, 2.24) is 4.31 Å².